The summed E-state index contributed by atoms with van der Waals surface area (Å²) in [5, 5.41) is 3.96. The number of carbonyl (C=O) groups is 2. The third kappa shape index (κ3) is 4.69. The van der Waals surface area contributed by atoms with Crippen LogP contribution >= 0.6 is 15.9 Å². The first-order valence-corrected chi connectivity index (χ1v) is 10.9. The molecule has 1 aromatic heterocycles. The normalized spacial score (nSPS) is 16.4. The minimum atomic E-state index is -0.0920. The maximum atomic E-state index is 12.9. The van der Waals surface area contributed by atoms with Crippen molar-refractivity contribution in [1.82, 2.24) is 19.9 Å². The van der Waals surface area contributed by atoms with E-state index in [0.29, 0.717) is 36.9 Å². The first kappa shape index (κ1) is 21.2. The monoisotopic (exact) mass is 482 g/mol. The van der Waals surface area contributed by atoms with E-state index in [2.05, 4.69) is 26.1 Å². The molecule has 160 valence electrons. The van der Waals surface area contributed by atoms with Gasteiger partial charge in [-0.1, -0.05) is 35.0 Å². The van der Waals surface area contributed by atoms with E-state index in [1.807, 2.05) is 61.2 Å². The summed E-state index contributed by atoms with van der Waals surface area (Å²) in [6, 6.07) is 15.1. The number of aromatic nitrogens is 2. The lowest BCUT2D eigenvalue weighted by Crippen LogP contribution is -2.55. The van der Waals surface area contributed by atoms with Gasteiger partial charge in [-0.2, -0.15) is 4.98 Å². The van der Waals surface area contributed by atoms with Crippen LogP contribution in [0.15, 0.2) is 57.5 Å². The maximum absolute atomic E-state index is 12.9. The first-order valence-electron chi connectivity index (χ1n) is 10.2. The molecule has 0 aliphatic carbocycles. The molecule has 0 radical (unpaired) electrons. The van der Waals surface area contributed by atoms with Crippen molar-refractivity contribution in [1.29, 1.82) is 0 Å². The van der Waals surface area contributed by atoms with Crippen LogP contribution in [-0.4, -0.2) is 57.4 Å². The second kappa shape index (κ2) is 9.01. The Morgan fingerprint density at radius 2 is 1.87 bits per heavy atom. The summed E-state index contributed by atoms with van der Waals surface area (Å²) >= 11 is 3.44. The summed E-state index contributed by atoms with van der Waals surface area (Å²) < 4.78 is 6.09. The molecule has 31 heavy (non-hydrogen) atoms. The lowest BCUT2D eigenvalue weighted by molar-refractivity contribution is -0.133. The highest BCUT2D eigenvalue weighted by Gasteiger charge is 2.31. The van der Waals surface area contributed by atoms with E-state index >= 15 is 0 Å². The molecule has 7 nitrogen and oxygen atoms in total. The van der Waals surface area contributed by atoms with Gasteiger partial charge in [-0.05, 0) is 54.0 Å². The second-order valence-corrected chi connectivity index (χ2v) is 8.58. The molecule has 0 unspecified atom stereocenters. The van der Waals surface area contributed by atoms with E-state index in [4.69, 9.17) is 4.52 Å². The fourth-order valence-corrected chi connectivity index (χ4v) is 4.12. The van der Waals surface area contributed by atoms with Crippen LogP contribution in [0.25, 0.3) is 11.5 Å². The number of halogens is 1. The summed E-state index contributed by atoms with van der Waals surface area (Å²) in [6.45, 7) is 5.39. The Bertz CT molecular complexity index is 1100. The maximum Gasteiger partial charge on any atom is 0.257 e. The van der Waals surface area contributed by atoms with Crippen LogP contribution in [0.2, 0.25) is 0 Å². The highest BCUT2D eigenvalue weighted by molar-refractivity contribution is 9.10. The van der Waals surface area contributed by atoms with Crippen molar-refractivity contribution in [3.05, 3.63) is 70.0 Å². The molecular weight excluding hydrogens is 460 g/mol. The van der Waals surface area contributed by atoms with Crippen molar-refractivity contribution >= 4 is 27.7 Å². The van der Waals surface area contributed by atoms with Crippen LogP contribution in [0.3, 0.4) is 0 Å². The molecular formula is C23H23BrN4O3. The third-order valence-corrected chi connectivity index (χ3v) is 6.11. The number of aryl methyl sites for hydroxylation is 1. The Labute approximate surface area is 189 Å². The lowest BCUT2D eigenvalue weighted by atomic mass is 10.1. The smallest absolute Gasteiger partial charge is 0.257 e. The van der Waals surface area contributed by atoms with Crippen LogP contribution in [0.4, 0.5) is 0 Å². The highest BCUT2D eigenvalue weighted by Crippen LogP contribution is 2.22. The third-order valence-electron chi connectivity index (χ3n) is 5.42. The lowest BCUT2D eigenvalue weighted by Gasteiger charge is -2.40. The predicted octanol–water partition coefficient (Wildman–Crippen LogP) is 3.72. The summed E-state index contributed by atoms with van der Waals surface area (Å²) in [4.78, 5) is 33.6. The zero-order valence-corrected chi connectivity index (χ0v) is 19.0. The van der Waals surface area contributed by atoms with Gasteiger partial charge < -0.3 is 14.3 Å². The van der Waals surface area contributed by atoms with E-state index in [1.54, 1.807) is 11.0 Å². The standard InChI is InChI=1S/C23H23BrN4O3/c1-15-7-9-17(10-8-15)22-25-20(26-31-22)13-21(29)27-11-12-28(16(2)14-27)23(30)18-5-3-4-6-19(18)24/h3-10,16H,11-14H2,1-2H3/t16-/m1/s1. The fraction of sp³-hybridized carbons (Fsp3) is 0.304. The Morgan fingerprint density at radius 1 is 1.13 bits per heavy atom. The van der Waals surface area contributed by atoms with Gasteiger partial charge in [0.15, 0.2) is 5.82 Å². The average Bonchev–Trinajstić information content (AvgIpc) is 3.22. The van der Waals surface area contributed by atoms with Crippen molar-refractivity contribution in [3.8, 4) is 11.5 Å². The van der Waals surface area contributed by atoms with E-state index < -0.39 is 0 Å². The SMILES string of the molecule is Cc1ccc(-c2nc(CC(=O)N3CCN(C(=O)c4ccccc4Br)[C@H](C)C3)no2)cc1. The van der Waals surface area contributed by atoms with Gasteiger partial charge in [0.1, 0.15) is 0 Å². The van der Waals surface area contributed by atoms with Gasteiger partial charge in [-0.3, -0.25) is 9.59 Å². The van der Waals surface area contributed by atoms with Crippen molar-refractivity contribution in [2.75, 3.05) is 19.6 Å². The van der Waals surface area contributed by atoms with Gasteiger partial charge in [-0.25, -0.2) is 0 Å². The summed E-state index contributed by atoms with van der Waals surface area (Å²) in [6.07, 6.45) is 0.0697. The van der Waals surface area contributed by atoms with Crippen molar-refractivity contribution in [2.45, 2.75) is 26.3 Å². The molecule has 1 aliphatic rings. The number of piperazine rings is 1. The van der Waals surface area contributed by atoms with Crippen LogP contribution in [0.5, 0.6) is 0 Å². The van der Waals surface area contributed by atoms with Crippen LogP contribution in [-0.2, 0) is 11.2 Å². The van der Waals surface area contributed by atoms with Crippen molar-refractivity contribution in [3.63, 3.8) is 0 Å². The Kier molecular flexibility index (Phi) is 6.18. The van der Waals surface area contributed by atoms with Crippen molar-refractivity contribution < 1.29 is 14.1 Å². The molecule has 1 saturated heterocycles. The van der Waals surface area contributed by atoms with E-state index in [9.17, 15) is 9.59 Å². The molecule has 2 aromatic carbocycles. The molecule has 0 spiro atoms. The molecule has 1 atom stereocenters. The van der Waals surface area contributed by atoms with Crippen LogP contribution in [0.1, 0.15) is 28.7 Å². The highest BCUT2D eigenvalue weighted by atomic mass is 79.9. The van der Waals surface area contributed by atoms with E-state index in [1.165, 1.54) is 0 Å². The van der Waals surface area contributed by atoms with Crippen LogP contribution in [0, 0.1) is 6.92 Å². The molecule has 0 saturated carbocycles. The molecule has 8 heteroatoms. The number of benzene rings is 2. The van der Waals surface area contributed by atoms with E-state index in [-0.39, 0.29) is 24.3 Å². The number of hydrogen-bond acceptors (Lipinski definition) is 5. The minimum absolute atomic E-state index is 0.0343. The van der Waals surface area contributed by atoms with E-state index in [0.717, 1.165) is 15.6 Å². The van der Waals surface area contributed by atoms with Crippen LogP contribution < -0.4 is 0 Å². The summed E-state index contributed by atoms with van der Waals surface area (Å²) in [5.41, 5.74) is 2.60. The second-order valence-electron chi connectivity index (χ2n) is 7.73. The fourth-order valence-electron chi connectivity index (χ4n) is 3.66. The Morgan fingerprint density at radius 3 is 2.58 bits per heavy atom. The van der Waals surface area contributed by atoms with Gasteiger partial charge >= 0.3 is 0 Å². The van der Waals surface area contributed by atoms with Gasteiger partial charge in [0.05, 0.1) is 12.0 Å². The number of amides is 2. The zero-order valence-electron chi connectivity index (χ0n) is 17.4. The summed E-state index contributed by atoms with van der Waals surface area (Å²) in [5.74, 6) is 0.657. The van der Waals surface area contributed by atoms with Gasteiger partial charge in [0.25, 0.3) is 11.8 Å². The number of nitrogens with zero attached hydrogens (tertiary/aromatic N) is 4. The summed E-state index contributed by atoms with van der Waals surface area (Å²) in [7, 11) is 0. The molecule has 1 aliphatic heterocycles. The predicted molar refractivity (Wildman–Crippen MR) is 119 cm³/mol. The molecule has 1 fully saturated rings. The minimum Gasteiger partial charge on any atom is -0.338 e. The van der Waals surface area contributed by atoms with Crippen molar-refractivity contribution in [2.24, 2.45) is 0 Å². The zero-order chi connectivity index (χ0) is 22.0. The molecule has 2 amide bonds. The molecule has 3 aromatic rings. The van der Waals surface area contributed by atoms with Gasteiger partial charge in [0.2, 0.25) is 5.91 Å². The largest absolute Gasteiger partial charge is 0.338 e. The van der Waals surface area contributed by atoms with Gasteiger partial charge in [0, 0.05) is 35.7 Å². The Hall–Kier alpha value is -3.00. The molecule has 2 heterocycles. The number of carbonyl (C=O) groups excluding carboxylic acids is 2. The molecule has 0 N–H and O–H groups in total. The van der Waals surface area contributed by atoms with Gasteiger partial charge in [-0.15, -0.1) is 0 Å². The first-order chi connectivity index (χ1) is 14.9. The average molecular weight is 483 g/mol. The molecule has 4 rings (SSSR count). The topological polar surface area (TPSA) is 79.5 Å². The number of hydrogen-bond donors (Lipinski definition) is 0. The molecule has 0 bridgehead atoms. The Balaban J connectivity index is 1.37. The number of rotatable bonds is 4. The quantitative estimate of drug-likeness (QED) is 0.565.